The lowest BCUT2D eigenvalue weighted by molar-refractivity contribution is -0.0167. The molecule has 0 aromatic rings. The molecule has 0 heterocycles. The van der Waals surface area contributed by atoms with Crippen molar-refractivity contribution in [2.75, 3.05) is 85.8 Å². The summed E-state index contributed by atoms with van der Waals surface area (Å²) >= 11 is 0. The number of amides is 1. The Morgan fingerprint density at radius 1 is 0.500 bits per heavy atom. The van der Waals surface area contributed by atoms with Gasteiger partial charge in [0.1, 0.15) is 5.60 Å². The minimum Gasteiger partial charge on any atom is -0.444 e. The first kappa shape index (κ1) is 37.0. The normalized spacial score (nSPS) is 11.7. The van der Waals surface area contributed by atoms with E-state index in [1.165, 1.54) is 57.8 Å². The van der Waals surface area contributed by atoms with Gasteiger partial charge >= 0.3 is 6.09 Å². The number of carbonyl (C=O) groups is 1. The van der Waals surface area contributed by atoms with E-state index < -0.39 is 11.7 Å². The maximum atomic E-state index is 11.5. The van der Waals surface area contributed by atoms with Gasteiger partial charge in [0.15, 0.2) is 0 Å². The Bertz CT molecular complexity index is 488. The van der Waals surface area contributed by atoms with E-state index in [1.54, 1.807) is 0 Å². The summed E-state index contributed by atoms with van der Waals surface area (Å²) in [7, 11) is 0. The van der Waals surface area contributed by atoms with Crippen LogP contribution in [0.3, 0.4) is 0 Å². The quantitative estimate of drug-likeness (QED) is 0.122. The molecule has 0 aromatic heterocycles. The highest BCUT2D eigenvalue weighted by Gasteiger charge is 2.15. The smallest absolute Gasteiger partial charge is 0.407 e. The van der Waals surface area contributed by atoms with E-state index in [2.05, 4.69) is 12.2 Å². The lowest BCUT2D eigenvalue weighted by Crippen LogP contribution is -2.34. The van der Waals surface area contributed by atoms with Crippen molar-refractivity contribution >= 4 is 6.09 Å². The Kier molecular flexibility index (Phi) is 28.3. The van der Waals surface area contributed by atoms with Crippen LogP contribution < -0.4 is 5.32 Å². The van der Waals surface area contributed by atoms with Crippen LogP contribution in [0.5, 0.6) is 0 Å². The minimum atomic E-state index is -0.497. The van der Waals surface area contributed by atoms with Crippen LogP contribution in [-0.2, 0) is 33.2 Å². The summed E-state index contributed by atoms with van der Waals surface area (Å²) in [4.78, 5) is 11.5. The molecular weight excluding hydrogens is 490 g/mol. The fourth-order valence-corrected chi connectivity index (χ4v) is 3.43. The Hall–Kier alpha value is -0.970. The van der Waals surface area contributed by atoms with E-state index in [0.717, 1.165) is 13.0 Å². The van der Waals surface area contributed by atoms with Gasteiger partial charge in [0, 0.05) is 13.2 Å². The predicted molar refractivity (Wildman–Crippen MR) is 151 cm³/mol. The number of rotatable bonds is 29. The van der Waals surface area contributed by atoms with Gasteiger partial charge in [0.05, 0.1) is 72.7 Å². The molecule has 0 radical (unpaired) electrons. The van der Waals surface area contributed by atoms with Gasteiger partial charge in [0.2, 0.25) is 0 Å². The number of hydrogen-bond donors (Lipinski definition) is 1. The van der Waals surface area contributed by atoms with Gasteiger partial charge in [-0.05, 0) is 27.2 Å². The summed E-state index contributed by atoms with van der Waals surface area (Å²) in [5.74, 6) is 0. The van der Waals surface area contributed by atoms with Gasteiger partial charge in [-0.2, -0.15) is 0 Å². The Balaban J connectivity index is 3.09. The highest BCUT2D eigenvalue weighted by atomic mass is 16.6. The Labute approximate surface area is 232 Å². The molecule has 0 fully saturated rings. The van der Waals surface area contributed by atoms with E-state index in [-0.39, 0.29) is 0 Å². The molecule has 228 valence electrons. The van der Waals surface area contributed by atoms with Gasteiger partial charge in [-0.15, -0.1) is 0 Å². The third kappa shape index (κ3) is 33.1. The fraction of sp³-hybridized carbons (Fsp3) is 0.966. The van der Waals surface area contributed by atoms with Crippen molar-refractivity contribution in [3.05, 3.63) is 0 Å². The van der Waals surface area contributed by atoms with Gasteiger partial charge < -0.3 is 38.5 Å². The van der Waals surface area contributed by atoms with Crippen LogP contribution in [-0.4, -0.2) is 97.5 Å². The fourth-order valence-electron chi connectivity index (χ4n) is 3.43. The molecule has 0 unspecified atom stereocenters. The van der Waals surface area contributed by atoms with Gasteiger partial charge in [-0.25, -0.2) is 4.79 Å². The molecule has 0 bridgehead atoms. The SMILES string of the molecule is CCCCCCCCCCCCOCCOCCOCCOCCOCCOCCNC(=O)OC(C)(C)C. The van der Waals surface area contributed by atoms with Gasteiger partial charge in [-0.1, -0.05) is 64.7 Å². The van der Waals surface area contributed by atoms with Crippen molar-refractivity contribution in [2.45, 2.75) is 97.5 Å². The molecule has 38 heavy (non-hydrogen) atoms. The van der Waals surface area contributed by atoms with Crippen LogP contribution in [0.1, 0.15) is 91.9 Å². The molecule has 1 N–H and O–H groups in total. The van der Waals surface area contributed by atoms with Crippen LogP contribution in [0.15, 0.2) is 0 Å². The van der Waals surface area contributed by atoms with Crippen molar-refractivity contribution in [3.8, 4) is 0 Å². The molecule has 0 rings (SSSR count). The van der Waals surface area contributed by atoms with Crippen LogP contribution >= 0.6 is 0 Å². The largest absolute Gasteiger partial charge is 0.444 e. The molecule has 9 nitrogen and oxygen atoms in total. The summed E-state index contributed by atoms with van der Waals surface area (Å²) in [6, 6.07) is 0. The van der Waals surface area contributed by atoms with E-state index >= 15 is 0 Å². The van der Waals surface area contributed by atoms with Crippen LogP contribution in [0.25, 0.3) is 0 Å². The van der Waals surface area contributed by atoms with Crippen LogP contribution in [0.4, 0.5) is 4.79 Å². The molecule has 0 spiro atoms. The third-order valence-corrected chi connectivity index (χ3v) is 5.42. The molecule has 1 amide bonds. The van der Waals surface area contributed by atoms with Gasteiger partial charge in [0.25, 0.3) is 0 Å². The lowest BCUT2D eigenvalue weighted by Gasteiger charge is -2.19. The summed E-state index contributed by atoms with van der Waals surface area (Å²) in [5.41, 5.74) is -0.497. The first-order valence-corrected chi connectivity index (χ1v) is 14.9. The van der Waals surface area contributed by atoms with E-state index in [1.807, 2.05) is 20.8 Å². The van der Waals surface area contributed by atoms with E-state index in [9.17, 15) is 4.79 Å². The summed E-state index contributed by atoms with van der Waals surface area (Å²) < 4.78 is 38.1. The average Bonchev–Trinajstić information content (AvgIpc) is 2.86. The zero-order valence-electron chi connectivity index (χ0n) is 25.0. The number of ether oxygens (including phenoxy) is 7. The molecule has 0 saturated heterocycles. The van der Waals surface area contributed by atoms with E-state index in [0.29, 0.717) is 79.2 Å². The highest BCUT2D eigenvalue weighted by molar-refractivity contribution is 5.67. The molecule has 0 saturated carbocycles. The summed E-state index contributed by atoms with van der Waals surface area (Å²) in [6.07, 6.45) is 13.0. The minimum absolute atomic E-state index is 0.399. The maximum Gasteiger partial charge on any atom is 0.407 e. The number of hydrogen-bond acceptors (Lipinski definition) is 8. The molecular formula is C29H59NO8. The van der Waals surface area contributed by atoms with Crippen LogP contribution in [0.2, 0.25) is 0 Å². The van der Waals surface area contributed by atoms with E-state index in [4.69, 9.17) is 33.2 Å². The number of carbonyl (C=O) groups excluding carboxylic acids is 1. The zero-order chi connectivity index (χ0) is 28.0. The topological polar surface area (TPSA) is 93.7 Å². The maximum absolute atomic E-state index is 11.5. The molecule has 0 atom stereocenters. The second kappa shape index (κ2) is 29.0. The molecule has 0 aliphatic carbocycles. The third-order valence-electron chi connectivity index (χ3n) is 5.42. The number of unbranched alkanes of at least 4 members (excludes halogenated alkanes) is 9. The van der Waals surface area contributed by atoms with Crippen molar-refractivity contribution in [2.24, 2.45) is 0 Å². The second-order valence-corrected chi connectivity index (χ2v) is 10.3. The number of alkyl carbamates (subject to hydrolysis) is 1. The monoisotopic (exact) mass is 549 g/mol. The molecule has 9 heteroatoms. The van der Waals surface area contributed by atoms with Crippen molar-refractivity contribution in [3.63, 3.8) is 0 Å². The number of nitrogens with one attached hydrogen (secondary N) is 1. The van der Waals surface area contributed by atoms with Crippen molar-refractivity contribution < 1.29 is 38.0 Å². The van der Waals surface area contributed by atoms with Crippen molar-refractivity contribution in [1.82, 2.24) is 5.32 Å². The lowest BCUT2D eigenvalue weighted by atomic mass is 10.1. The van der Waals surface area contributed by atoms with Crippen molar-refractivity contribution in [1.29, 1.82) is 0 Å². The Morgan fingerprint density at radius 3 is 1.24 bits per heavy atom. The van der Waals surface area contributed by atoms with Crippen LogP contribution in [0, 0.1) is 0 Å². The standard InChI is InChI=1S/C29H59NO8/c1-5-6-7-8-9-10-11-12-13-14-16-32-18-20-34-22-24-36-26-27-37-25-23-35-21-19-33-17-15-30-28(31)38-29(2,3)4/h5-27H2,1-4H3,(H,30,31). The zero-order valence-corrected chi connectivity index (χ0v) is 25.0. The first-order chi connectivity index (χ1) is 18.5. The Morgan fingerprint density at radius 2 is 0.842 bits per heavy atom. The summed E-state index contributed by atoms with van der Waals surface area (Å²) in [6.45, 7) is 14.8. The second-order valence-electron chi connectivity index (χ2n) is 10.3. The molecule has 0 aliphatic heterocycles. The average molecular weight is 550 g/mol. The molecule has 0 aliphatic rings. The summed E-state index contributed by atoms with van der Waals surface area (Å²) in [5, 5.41) is 2.64. The van der Waals surface area contributed by atoms with Gasteiger partial charge in [-0.3, -0.25) is 0 Å². The predicted octanol–water partition coefficient (Wildman–Crippen LogP) is 5.53. The molecule has 0 aromatic carbocycles. The highest BCUT2D eigenvalue weighted by Crippen LogP contribution is 2.10. The first-order valence-electron chi connectivity index (χ1n) is 14.9.